The molecule has 1 heterocycles. The van der Waals surface area contributed by atoms with Crippen molar-refractivity contribution in [2.75, 3.05) is 13.1 Å². The molecule has 0 spiro atoms. The second-order valence-corrected chi connectivity index (χ2v) is 4.27. The van der Waals surface area contributed by atoms with E-state index >= 15 is 0 Å². The molecule has 2 N–H and O–H groups in total. The Labute approximate surface area is 102 Å². The van der Waals surface area contributed by atoms with E-state index in [1.807, 2.05) is 18.2 Å². The van der Waals surface area contributed by atoms with E-state index in [1.165, 1.54) is 5.56 Å². The molecule has 1 aliphatic rings. The zero-order valence-corrected chi connectivity index (χ0v) is 9.86. The molecule has 3 nitrogen and oxygen atoms in total. The van der Waals surface area contributed by atoms with Crippen molar-refractivity contribution in [2.45, 2.75) is 18.4 Å². The second-order valence-electron chi connectivity index (χ2n) is 4.27. The van der Waals surface area contributed by atoms with Crippen LogP contribution in [0.3, 0.4) is 0 Å². The largest absolute Gasteiger partial charge is 0.351 e. The van der Waals surface area contributed by atoms with Crippen LogP contribution in [0.1, 0.15) is 17.9 Å². The molecule has 1 aromatic rings. The van der Waals surface area contributed by atoms with Gasteiger partial charge in [0.2, 0.25) is 5.91 Å². The average Bonchev–Trinajstić information content (AvgIpc) is 2.86. The lowest BCUT2D eigenvalue weighted by molar-refractivity contribution is -0.122. The van der Waals surface area contributed by atoms with Crippen molar-refractivity contribution in [3.8, 4) is 0 Å². The minimum absolute atomic E-state index is 0.0660. The third-order valence-corrected chi connectivity index (χ3v) is 3.15. The monoisotopic (exact) mass is 230 g/mol. The molecule has 0 bridgehead atoms. The van der Waals surface area contributed by atoms with Gasteiger partial charge in [0.15, 0.2) is 0 Å². The maximum atomic E-state index is 12.0. The highest BCUT2D eigenvalue weighted by molar-refractivity contribution is 5.83. The summed E-state index contributed by atoms with van der Waals surface area (Å²) in [6.45, 7) is 5.02. The molecular formula is C14H18N2O. The Morgan fingerprint density at radius 1 is 1.47 bits per heavy atom. The molecule has 1 amide bonds. The predicted molar refractivity (Wildman–Crippen MR) is 68.8 cm³/mol. The number of rotatable bonds is 4. The van der Waals surface area contributed by atoms with Crippen LogP contribution < -0.4 is 10.6 Å². The minimum Gasteiger partial charge on any atom is -0.351 e. The lowest BCUT2D eigenvalue weighted by Gasteiger charge is -2.19. The van der Waals surface area contributed by atoms with Gasteiger partial charge in [-0.05, 0) is 18.5 Å². The summed E-state index contributed by atoms with van der Waals surface area (Å²) in [5.41, 5.74) is 1.23. The molecule has 0 aliphatic carbocycles. The maximum Gasteiger partial charge on any atom is 0.238 e. The summed E-state index contributed by atoms with van der Waals surface area (Å²) in [5, 5.41) is 6.12. The molecule has 1 aromatic carbocycles. The normalized spacial score (nSPS) is 23.3. The first-order valence-electron chi connectivity index (χ1n) is 6.00. The lowest BCUT2D eigenvalue weighted by Crippen LogP contribution is -2.43. The molecule has 0 radical (unpaired) electrons. The van der Waals surface area contributed by atoms with Crippen molar-refractivity contribution in [2.24, 2.45) is 0 Å². The van der Waals surface area contributed by atoms with Gasteiger partial charge >= 0.3 is 0 Å². The van der Waals surface area contributed by atoms with Gasteiger partial charge in [-0.25, -0.2) is 0 Å². The van der Waals surface area contributed by atoms with Crippen LogP contribution in [-0.4, -0.2) is 25.0 Å². The van der Waals surface area contributed by atoms with Gasteiger partial charge in [0, 0.05) is 12.5 Å². The fourth-order valence-corrected chi connectivity index (χ4v) is 2.32. The molecule has 1 aliphatic heterocycles. The molecule has 3 heteroatoms. The van der Waals surface area contributed by atoms with Crippen LogP contribution in [-0.2, 0) is 4.79 Å². The van der Waals surface area contributed by atoms with Crippen molar-refractivity contribution < 1.29 is 4.79 Å². The summed E-state index contributed by atoms with van der Waals surface area (Å²) in [7, 11) is 0. The van der Waals surface area contributed by atoms with Crippen molar-refractivity contribution in [3.05, 3.63) is 48.6 Å². The Balaban J connectivity index is 2.07. The second kappa shape index (κ2) is 5.64. The summed E-state index contributed by atoms with van der Waals surface area (Å²) in [4.78, 5) is 12.0. The van der Waals surface area contributed by atoms with Crippen LogP contribution in [0.4, 0.5) is 0 Å². The van der Waals surface area contributed by atoms with E-state index in [0.717, 1.165) is 13.0 Å². The number of benzene rings is 1. The minimum atomic E-state index is -0.114. The average molecular weight is 230 g/mol. The van der Waals surface area contributed by atoms with E-state index in [4.69, 9.17) is 0 Å². The molecule has 0 aromatic heterocycles. The first-order valence-corrected chi connectivity index (χ1v) is 6.00. The SMILES string of the molecule is C=CCNC(=O)[C@H]1NCC[C@@H]1c1ccccc1. The van der Waals surface area contributed by atoms with E-state index in [0.29, 0.717) is 6.54 Å². The van der Waals surface area contributed by atoms with Gasteiger partial charge < -0.3 is 10.6 Å². The van der Waals surface area contributed by atoms with Crippen LogP contribution >= 0.6 is 0 Å². The topological polar surface area (TPSA) is 41.1 Å². The Bertz CT molecular complexity index is 388. The number of carbonyl (C=O) groups is 1. The molecular weight excluding hydrogens is 212 g/mol. The highest BCUT2D eigenvalue weighted by atomic mass is 16.2. The van der Waals surface area contributed by atoms with Crippen molar-refractivity contribution in [1.82, 2.24) is 10.6 Å². The van der Waals surface area contributed by atoms with Gasteiger partial charge in [-0.15, -0.1) is 6.58 Å². The molecule has 0 unspecified atom stereocenters. The van der Waals surface area contributed by atoms with E-state index in [1.54, 1.807) is 6.08 Å². The van der Waals surface area contributed by atoms with E-state index in [-0.39, 0.29) is 17.9 Å². The first-order chi connectivity index (χ1) is 8.33. The molecule has 17 heavy (non-hydrogen) atoms. The number of carbonyl (C=O) groups excluding carboxylic acids is 1. The van der Waals surface area contributed by atoms with E-state index in [2.05, 4.69) is 29.3 Å². The van der Waals surface area contributed by atoms with Crippen molar-refractivity contribution in [1.29, 1.82) is 0 Å². The highest BCUT2D eigenvalue weighted by Crippen LogP contribution is 2.27. The fraction of sp³-hybridized carbons (Fsp3) is 0.357. The van der Waals surface area contributed by atoms with Gasteiger partial charge in [0.05, 0.1) is 6.04 Å². The van der Waals surface area contributed by atoms with Crippen LogP contribution in [0.15, 0.2) is 43.0 Å². The van der Waals surface area contributed by atoms with Crippen molar-refractivity contribution >= 4 is 5.91 Å². The molecule has 2 atom stereocenters. The third-order valence-electron chi connectivity index (χ3n) is 3.15. The number of hydrogen-bond donors (Lipinski definition) is 2. The highest BCUT2D eigenvalue weighted by Gasteiger charge is 2.33. The Morgan fingerprint density at radius 2 is 2.24 bits per heavy atom. The molecule has 0 saturated carbocycles. The van der Waals surface area contributed by atoms with Crippen LogP contribution in [0, 0.1) is 0 Å². The fourth-order valence-electron chi connectivity index (χ4n) is 2.32. The standard InChI is InChI=1S/C14H18N2O/c1-2-9-16-14(17)13-12(8-10-15-13)11-6-4-3-5-7-11/h2-7,12-13,15H,1,8-10H2,(H,16,17)/t12-,13+/m1/s1. The van der Waals surface area contributed by atoms with Gasteiger partial charge in [-0.2, -0.15) is 0 Å². The smallest absolute Gasteiger partial charge is 0.238 e. The Hall–Kier alpha value is -1.61. The van der Waals surface area contributed by atoms with Crippen LogP contribution in [0.5, 0.6) is 0 Å². The number of amides is 1. The van der Waals surface area contributed by atoms with E-state index in [9.17, 15) is 4.79 Å². The Morgan fingerprint density at radius 3 is 2.94 bits per heavy atom. The van der Waals surface area contributed by atoms with Crippen LogP contribution in [0.25, 0.3) is 0 Å². The van der Waals surface area contributed by atoms with Crippen molar-refractivity contribution in [3.63, 3.8) is 0 Å². The van der Waals surface area contributed by atoms with Gasteiger partial charge in [-0.1, -0.05) is 36.4 Å². The van der Waals surface area contributed by atoms with E-state index < -0.39 is 0 Å². The summed E-state index contributed by atoms with van der Waals surface area (Å²) in [5.74, 6) is 0.345. The Kier molecular flexibility index (Phi) is 3.94. The molecule has 1 fully saturated rings. The zero-order chi connectivity index (χ0) is 12.1. The number of hydrogen-bond acceptors (Lipinski definition) is 2. The predicted octanol–water partition coefficient (Wildman–Crippen LogP) is 1.43. The molecule has 90 valence electrons. The van der Waals surface area contributed by atoms with Gasteiger partial charge in [-0.3, -0.25) is 4.79 Å². The summed E-state index contributed by atoms with van der Waals surface area (Å²) in [6.07, 6.45) is 2.71. The third kappa shape index (κ3) is 2.74. The summed E-state index contributed by atoms with van der Waals surface area (Å²) in [6, 6.07) is 10.1. The lowest BCUT2D eigenvalue weighted by atomic mass is 9.91. The zero-order valence-electron chi connectivity index (χ0n) is 9.86. The first kappa shape index (κ1) is 11.9. The summed E-state index contributed by atoms with van der Waals surface area (Å²) >= 11 is 0. The molecule has 2 rings (SSSR count). The number of nitrogens with one attached hydrogen (secondary N) is 2. The summed E-state index contributed by atoms with van der Waals surface area (Å²) < 4.78 is 0. The molecule has 1 saturated heterocycles. The van der Waals surface area contributed by atoms with Crippen LogP contribution in [0.2, 0.25) is 0 Å². The van der Waals surface area contributed by atoms with Gasteiger partial charge in [0.25, 0.3) is 0 Å². The quantitative estimate of drug-likeness (QED) is 0.768. The van der Waals surface area contributed by atoms with Gasteiger partial charge in [0.1, 0.15) is 0 Å². The maximum absolute atomic E-state index is 12.0.